The molecule has 2 aromatic rings. The quantitative estimate of drug-likeness (QED) is 0.166. The molecule has 32 heavy (non-hydrogen) atoms. The van der Waals surface area contributed by atoms with Gasteiger partial charge in [0.2, 0.25) is 5.95 Å². The Morgan fingerprint density at radius 2 is 1.94 bits per heavy atom. The first-order valence-corrected chi connectivity index (χ1v) is 9.25. The third kappa shape index (κ3) is 5.54. The van der Waals surface area contributed by atoms with Crippen LogP contribution in [-0.2, 0) is 4.79 Å². The number of aliphatic carboxylic acids is 1. The number of nitrogens with two attached hydrogens (primary N) is 1. The van der Waals surface area contributed by atoms with Crippen molar-refractivity contribution in [3.05, 3.63) is 40.2 Å². The number of nitrogen functional groups attached to an aromatic ring is 1. The van der Waals surface area contributed by atoms with Gasteiger partial charge >= 0.3 is 12.1 Å². The van der Waals surface area contributed by atoms with Crippen LogP contribution in [0.4, 0.5) is 27.9 Å². The van der Waals surface area contributed by atoms with Gasteiger partial charge in [-0.3, -0.25) is 20.0 Å². The molecular formula is C17H21N9O6. The summed E-state index contributed by atoms with van der Waals surface area (Å²) in [7, 11) is 0. The molecule has 0 bridgehead atoms. The lowest BCUT2D eigenvalue weighted by molar-refractivity contribution is -0.140. The number of benzene rings is 1. The van der Waals surface area contributed by atoms with Crippen LogP contribution in [0.15, 0.2) is 29.1 Å². The van der Waals surface area contributed by atoms with Crippen molar-refractivity contribution < 1.29 is 24.6 Å². The molecule has 15 nitrogen and oxygen atoms in total. The Hall–Kier alpha value is -4.53. The number of hydrogen-bond donors (Lipinski definition) is 10. The van der Waals surface area contributed by atoms with Crippen LogP contribution in [0.25, 0.3) is 0 Å². The lowest BCUT2D eigenvalue weighted by Gasteiger charge is -2.27. The van der Waals surface area contributed by atoms with Gasteiger partial charge in [-0.1, -0.05) is 0 Å². The maximum atomic E-state index is 12.2. The zero-order valence-electron chi connectivity index (χ0n) is 16.4. The van der Waals surface area contributed by atoms with Gasteiger partial charge in [-0.25, -0.2) is 9.59 Å². The molecular weight excluding hydrogens is 426 g/mol. The van der Waals surface area contributed by atoms with E-state index in [2.05, 4.69) is 31.2 Å². The number of fused-ring (bicyclic) bond motifs is 1. The molecule has 1 aromatic carbocycles. The minimum atomic E-state index is -1.66. The van der Waals surface area contributed by atoms with Gasteiger partial charge < -0.3 is 37.2 Å². The second-order valence-electron chi connectivity index (χ2n) is 6.67. The molecule has 0 saturated carbocycles. The number of anilines is 4. The van der Waals surface area contributed by atoms with Gasteiger partial charge in [0.05, 0.1) is 6.04 Å². The Morgan fingerprint density at radius 1 is 1.22 bits per heavy atom. The van der Waals surface area contributed by atoms with Gasteiger partial charge in [-0.2, -0.15) is 10.4 Å². The number of hydrazine groups is 1. The molecule has 0 radical (unpaired) electrons. The van der Waals surface area contributed by atoms with Crippen LogP contribution in [0.5, 0.6) is 0 Å². The number of nitrogens with one attached hydrogen (secondary N) is 7. The number of aromatic nitrogens is 2. The lowest BCUT2D eigenvalue weighted by Crippen LogP contribution is -2.56. The summed E-state index contributed by atoms with van der Waals surface area (Å²) < 4.78 is 0. The van der Waals surface area contributed by atoms with E-state index in [1.807, 2.05) is 5.43 Å². The number of H-pyrrole nitrogens is 1. The molecule has 0 aliphatic carbocycles. The van der Waals surface area contributed by atoms with Crippen molar-refractivity contribution in [1.82, 2.24) is 26.1 Å². The van der Waals surface area contributed by atoms with Crippen LogP contribution in [0.2, 0.25) is 0 Å². The molecule has 2 heterocycles. The number of carbonyl (C=O) groups is 3. The molecule has 2 atom stereocenters. The number of aromatic amines is 1. The van der Waals surface area contributed by atoms with E-state index in [0.29, 0.717) is 30.3 Å². The summed E-state index contributed by atoms with van der Waals surface area (Å²) in [6.07, 6.45) is -3.16. The topological polar surface area (TPSA) is 236 Å². The fourth-order valence-corrected chi connectivity index (χ4v) is 2.84. The van der Waals surface area contributed by atoms with Crippen molar-refractivity contribution in [3.63, 3.8) is 0 Å². The SMILES string of the molecule is Nc1nc2c(c(=O)[nH]1)NC(CNc1ccc(C(=O)N[C@@H](NNC(=O)O)C(=O)O)cc1)CN2. The van der Waals surface area contributed by atoms with Gasteiger partial charge in [0.15, 0.2) is 12.0 Å². The smallest absolute Gasteiger partial charge is 0.419 e. The molecule has 2 amide bonds. The standard InChI is InChI=1S/C17H21N9O6/c18-16-23-11-10(14(28)24-16)21-9(6-20-11)5-19-8-3-1-7(2-4-8)13(27)22-12(15(29)30)25-26-17(31)32/h1-4,9,12,19,21,25-26H,5-6H2,(H,22,27)(H,29,30)(H,31,32)(H4,18,20,23,24,28)/t9?,12-/m0/s1. The summed E-state index contributed by atoms with van der Waals surface area (Å²) in [5.74, 6) is -1.79. The first-order chi connectivity index (χ1) is 15.2. The number of nitrogens with zero attached hydrogens (tertiary/aromatic N) is 1. The van der Waals surface area contributed by atoms with Crippen LogP contribution in [0, 0.1) is 0 Å². The third-order valence-electron chi connectivity index (χ3n) is 4.35. The van der Waals surface area contributed by atoms with Crippen LogP contribution >= 0.6 is 0 Å². The highest BCUT2D eigenvalue weighted by molar-refractivity contribution is 5.96. The van der Waals surface area contributed by atoms with Crippen LogP contribution in [-0.4, -0.2) is 63.4 Å². The minimum Gasteiger partial charge on any atom is -0.479 e. The molecule has 0 spiro atoms. The zero-order chi connectivity index (χ0) is 23.3. The highest BCUT2D eigenvalue weighted by Crippen LogP contribution is 2.20. The van der Waals surface area contributed by atoms with E-state index in [1.54, 1.807) is 17.6 Å². The second-order valence-corrected chi connectivity index (χ2v) is 6.67. The molecule has 0 saturated heterocycles. The Balaban J connectivity index is 1.54. The van der Waals surface area contributed by atoms with Crippen molar-refractivity contribution in [1.29, 1.82) is 0 Å². The number of carboxylic acids is 1. The van der Waals surface area contributed by atoms with E-state index >= 15 is 0 Å². The molecule has 1 aliphatic rings. The Morgan fingerprint density at radius 3 is 2.59 bits per heavy atom. The molecule has 0 fully saturated rings. The summed E-state index contributed by atoms with van der Waals surface area (Å²) in [6, 6.07) is 6.04. The van der Waals surface area contributed by atoms with E-state index < -0.39 is 24.1 Å². The number of carbonyl (C=O) groups excluding carboxylic acids is 1. The normalized spacial score (nSPS) is 15.3. The van der Waals surface area contributed by atoms with Crippen molar-refractivity contribution in [2.75, 3.05) is 34.8 Å². The third-order valence-corrected chi connectivity index (χ3v) is 4.35. The van der Waals surface area contributed by atoms with Crippen LogP contribution in [0.3, 0.4) is 0 Å². The molecule has 170 valence electrons. The molecule has 1 aromatic heterocycles. The van der Waals surface area contributed by atoms with Gasteiger partial charge in [0, 0.05) is 24.3 Å². The predicted molar refractivity (Wildman–Crippen MR) is 113 cm³/mol. The van der Waals surface area contributed by atoms with E-state index in [-0.39, 0.29) is 23.1 Å². The molecule has 15 heteroatoms. The van der Waals surface area contributed by atoms with Gasteiger partial charge in [-0.05, 0) is 24.3 Å². The van der Waals surface area contributed by atoms with Crippen molar-refractivity contribution in [2.45, 2.75) is 12.2 Å². The molecule has 1 unspecified atom stereocenters. The summed E-state index contributed by atoms with van der Waals surface area (Å²) in [5, 5.41) is 29.0. The zero-order valence-corrected chi connectivity index (χ0v) is 16.4. The second kappa shape index (κ2) is 9.52. The highest BCUT2D eigenvalue weighted by Gasteiger charge is 2.22. The fraction of sp³-hybridized carbons (Fsp3) is 0.235. The predicted octanol–water partition coefficient (Wildman–Crippen LogP) is -1.42. The summed E-state index contributed by atoms with van der Waals surface area (Å²) in [4.78, 5) is 52.2. The summed E-state index contributed by atoms with van der Waals surface area (Å²) in [5.41, 5.74) is 9.91. The average Bonchev–Trinajstić information content (AvgIpc) is 2.75. The highest BCUT2D eigenvalue weighted by atomic mass is 16.4. The first kappa shape index (κ1) is 22.2. The van der Waals surface area contributed by atoms with E-state index in [1.165, 1.54) is 12.1 Å². The molecule has 11 N–H and O–H groups in total. The fourth-order valence-electron chi connectivity index (χ4n) is 2.84. The Labute approximate surface area is 179 Å². The van der Waals surface area contributed by atoms with Gasteiger partial charge in [-0.15, -0.1) is 0 Å². The van der Waals surface area contributed by atoms with Crippen LogP contribution < -0.4 is 43.4 Å². The minimum absolute atomic E-state index is 0.0207. The number of amides is 2. The number of hydrogen-bond acceptors (Lipinski definition) is 10. The average molecular weight is 447 g/mol. The molecule has 3 rings (SSSR count). The maximum absolute atomic E-state index is 12.2. The van der Waals surface area contributed by atoms with Crippen molar-refractivity contribution >= 4 is 41.1 Å². The first-order valence-electron chi connectivity index (χ1n) is 9.25. The Kier molecular flexibility index (Phi) is 6.59. The summed E-state index contributed by atoms with van der Waals surface area (Å²) in [6.45, 7) is 0.929. The van der Waals surface area contributed by atoms with Gasteiger partial charge in [0.25, 0.3) is 11.5 Å². The number of rotatable bonds is 8. The van der Waals surface area contributed by atoms with Crippen molar-refractivity contribution in [2.24, 2.45) is 0 Å². The Bertz CT molecular complexity index is 1070. The largest absolute Gasteiger partial charge is 0.479 e. The molecule has 1 aliphatic heterocycles. The monoisotopic (exact) mass is 447 g/mol. The number of carboxylic acid groups (broad SMARTS) is 2. The van der Waals surface area contributed by atoms with E-state index in [4.69, 9.17) is 15.9 Å². The van der Waals surface area contributed by atoms with Crippen molar-refractivity contribution in [3.8, 4) is 0 Å². The lowest BCUT2D eigenvalue weighted by atomic mass is 10.1. The van der Waals surface area contributed by atoms with Gasteiger partial charge in [0.1, 0.15) is 5.69 Å². The van der Waals surface area contributed by atoms with E-state index in [9.17, 15) is 19.2 Å². The maximum Gasteiger partial charge on any atom is 0.419 e. The van der Waals surface area contributed by atoms with Crippen LogP contribution in [0.1, 0.15) is 10.4 Å². The van der Waals surface area contributed by atoms with E-state index in [0.717, 1.165) is 0 Å². The summed E-state index contributed by atoms with van der Waals surface area (Å²) >= 11 is 0.